The summed E-state index contributed by atoms with van der Waals surface area (Å²) in [7, 11) is 1.69. The summed E-state index contributed by atoms with van der Waals surface area (Å²) in [6, 6.07) is 7.66. The van der Waals surface area contributed by atoms with Gasteiger partial charge in [-0.1, -0.05) is 23.2 Å². The van der Waals surface area contributed by atoms with E-state index in [-0.39, 0.29) is 34.8 Å². The lowest BCUT2D eigenvalue weighted by Crippen LogP contribution is -2.40. The molecule has 1 aliphatic heterocycles. The molecule has 1 fully saturated rings. The van der Waals surface area contributed by atoms with Crippen molar-refractivity contribution in [2.75, 3.05) is 19.7 Å². The summed E-state index contributed by atoms with van der Waals surface area (Å²) >= 11 is 13.2. The van der Waals surface area contributed by atoms with E-state index < -0.39 is 11.7 Å². The minimum Gasteiger partial charge on any atom is -0.466 e. The Morgan fingerprint density at radius 2 is 1.78 bits per heavy atom. The Hall–Kier alpha value is -2.71. The lowest BCUT2D eigenvalue weighted by atomic mass is 9.96. The molecule has 0 bridgehead atoms. The molecule has 3 aromatic rings. The highest BCUT2D eigenvalue weighted by molar-refractivity contribution is 6.38. The van der Waals surface area contributed by atoms with Crippen molar-refractivity contribution in [3.8, 4) is 0 Å². The quantitative estimate of drug-likeness (QED) is 0.325. The molecule has 0 atom stereocenters. The van der Waals surface area contributed by atoms with Gasteiger partial charge in [-0.2, -0.15) is 13.2 Å². The van der Waals surface area contributed by atoms with Crippen LogP contribution in [-0.2, 0) is 29.2 Å². The van der Waals surface area contributed by atoms with Gasteiger partial charge in [-0.05, 0) is 68.1 Å². The smallest absolute Gasteiger partial charge is 0.416 e. The molecule has 1 aromatic heterocycles. The van der Waals surface area contributed by atoms with Gasteiger partial charge >= 0.3 is 12.1 Å². The van der Waals surface area contributed by atoms with E-state index in [4.69, 9.17) is 27.9 Å². The molecular formula is C27H27Cl2F3N2O3. The lowest BCUT2D eigenvalue weighted by molar-refractivity contribution is -0.149. The van der Waals surface area contributed by atoms with Crippen molar-refractivity contribution < 1.29 is 27.5 Å². The third kappa shape index (κ3) is 5.46. The number of aromatic nitrogens is 1. The van der Waals surface area contributed by atoms with Crippen LogP contribution >= 0.6 is 23.2 Å². The SMILES string of the molecule is CCOC(=O)C1CCN(C(=O)c2ccc(Cl)c(Cc3cc4cc(C)c(C(F)(F)F)cc4n3C)c2Cl)CC1. The van der Waals surface area contributed by atoms with Gasteiger partial charge in [0.25, 0.3) is 5.91 Å². The number of piperidine rings is 1. The van der Waals surface area contributed by atoms with Gasteiger partial charge in [0.15, 0.2) is 0 Å². The molecule has 5 nitrogen and oxygen atoms in total. The first-order valence-corrected chi connectivity index (χ1v) is 12.8. The zero-order chi connectivity index (χ0) is 27.1. The van der Waals surface area contributed by atoms with Crippen molar-refractivity contribution >= 4 is 46.0 Å². The van der Waals surface area contributed by atoms with Gasteiger partial charge < -0.3 is 14.2 Å². The number of esters is 1. The van der Waals surface area contributed by atoms with E-state index in [1.807, 2.05) is 6.07 Å². The zero-order valence-corrected chi connectivity index (χ0v) is 22.2. The number of carbonyl (C=O) groups is 2. The molecule has 0 unspecified atom stereocenters. The Kier molecular flexibility index (Phi) is 7.81. The third-order valence-electron chi connectivity index (χ3n) is 6.97. The van der Waals surface area contributed by atoms with Crippen LogP contribution in [0.3, 0.4) is 0 Å². The first-order chi connectivity index (χ1) is 17.4. The van der Waals surface area contributed by atoms with Crippen molar-refractivity contribution in [2.24, 2.45) is 13.0 Å². The van der Waals surface area contributed by atoms with Crippen molar-refractivity contribution in [1.29, 1.82) is 0 Å². The monoisotopic (exact) mass is 554 g/mol. The number of alkyl halides is 3. The molecule has 10 heteroatoms. The molecule has 0 N–H and O–H groups in total. The maximum atomic E-state index is 13.4. The number of carbonyl (C=O) groups excluding carboxylic acids is 2. The fourth-order valence-corrected chi connectivity index (χ4v) is 5.47. The molecule has 0 aliphatic carbocycles. The first kappa shape index (κ1) is 27.3. The highest BCUT2D eigenvalue weighted by atomic mass is 35.5. The Morgan fingerprint density at radius 1 is 1.11 bits per heavy atom. The number of aryl methyl sites for hydroxylation is 2. The van der Waals surface area contributed by atoms with Crippen LogP contribution in [0.5, 0.6) is 0 Å². The summed E-state index contributed by atoms with van der Waals surface area (Å²) in [6.07, 6.45) is -3.19. The van der Waals surface area contributed by atoms with E-state index in [0.717, 1.165) is 6.07 Å². The van der Waals surface area contributed by atoms with Gasteiger partial charge in [-0.3, -0.25) is 9.59 Å². The van der Waals surface area contributed by atoms with Crippen LogP contribution in [0.1, 0.15) is 52.5 Å². The van der Waals surface area contributed by atoms with Gasteiger partial charge in [-0.25, -0.2) is 0 Å². The van der Waals surface area contributed by atoms with E-state index in [2.05, 4.69) is 0 Å². The van der Waals surface area contributed by atoms with Crippen LogP contribution < -0.4 is 0 Å². The van der Waals surface area contributed by atoms with E-state index in [1.165, 1.54) is 13.0 Å². The number of likely N-dealkylation sites (tertiary alicyclic amines) is 1. The van der Waals surface area contributed by atoms with Crippen LogP contribution in [0.15, 0.2) is 30.3 Å². The molecule has 1 saturated heterocycles. The topological polar surface area (TPSA) is 51.5 Å². The van der Waals surface area contributed by atoms with Crippen LogP contribution in [0.2, 0.25) is 10.0 Å². The van der Waals surface area contributed by atoms with Crippen LogP contribution in [0, 0.1) is 12.8 Å². The highest BCUT2D eigenvalue weighted by Crippen LogP contribution is 2.37. The van der Waals surface area contributed by atoms with Gasteiger partial charge in [0.1, 0.15) is 0 Å². The fraction of sp³-hybridized carbons (Fsp3) is 0.407. The average molecular weight is 555 g/mol. The summed E-state index contributed by atoms with van der Waals surface area (Å²) in [5.74, 6) is -0.727. The number of fused-ring (bicyclic) bond motifs is 1. The molecule has 1 amide bonds. The molecule has 1 aliphatic rings. The number of benzene rings is 2. The van der Waals surface area contributed by atoms with E-state index in [9.17, 15) is 22.8 Å². The molecule has 0 spiro atoms. The second kappa shape index (κ2) is 10.6. The molecule has 4 rings (SSSR count). The van der Waals surface area contributed by atoms with Crippen LogP contribution in [0.25, 0.3) is 10.9 Å². The van der Waals surface area contributed by atoms with Gasteiger partial charge in [0.2, 0.25) is 0 Å². The number of hydrogen-bond acceptors (Lipinski definition) is 3. The predicted octanol–water partition coefficient (Wildman–Crippen LogP) is 6.82. The summed E-state index contributed by atoms with van der Waals surface area (Å²) < 4.78 is 47.1. The molecule has 0 radical (unpaired) electrons. The average Bonchev–Trinajstić information content (AvgIpc) is 3.14. The number of rotatable bonds is 5. The normalized spacial score (nSPS) is 14.9. The summed E-state index contributed by atoms with van der Waals surface area (Å²) in [6.45, 7) is 4.32. The van der Waals surface area contributed by atoms with Crippen molar-refractivity contribution in [2.45, 2.75) is 39.3 Å². The van der Waals surface area contributed by atoms with E-state index in [1.54, 1.807) is 35.6 Å². The van der Waals surface area contributed by atoms with Gasteiger partial charge in [0, 0.05) is 48.2 Å². The number of hydrogen-bond donors (Lipinski definition) is 0. The second-order valence-corrected chi connectivity index (χ2v) is 10.1. The van der Waals surface area contributed by atoms with Crippen LogP contribution in [0.4, 0.5) is 13.2 Å². The van der Waals surface area contributed by atoms with E-state index >= 15 is 0 Å². The second-order valence-electron chi connectivity index (χ2n) is 9.30. The Labute approximate surface area is 223 Å². The molecule has 2 aromatic carbocycles. The maximum Gasteiger partial charge on any atom is 0.416 e. The van der Waals surface area contributed by atoms with Gasteiger partial charge in [-0.15, -0.1) is 0 Å². The Bertz CT molecular complexity index is 1360. The van der Waals surface area contributed by atoms with Crippen molar-refractivity contribution in [3.05, 3.63) is 68.3 Å². The molecule has 198 valence electrons. The number of nitrogens with zero attached hydrogens (tertiary/aromatic N) is 2. The van der Waals surface area contributed by atoms with Gasteiger partial charge in [0.05, 0.1) is 28.7 Å². The van der Waals surface area contributed by atoms with Crippen molar-refractivity contribution in [3.63, 3.8) is 0 Å². The predicted molar refractivity (Wildman–Crippen MR) is 137 cm³/mol. The first-order valence-electron chi connectivity index (χ1n) is 12.0. The standard InChI is InChI=1S/C27H27Cl2F3N2O3/c1-4-37-26(36)16-7-9-34(10-8-16)25(35)19-5-6-22(28)20(24(19)29)13-18-12-17-11-15(2)21(27(30,31)32)14-23(17)33(18)3/h5-6,11-12,14,16H,4,7-10,13H2,1-3H3. The van der Waals surface area contributed by atoms with E-state index in [0.29, 0.717) is 65.3 Å². The maximum absolute atomic E-state index is 13.4. The zero-order valence-electron chi connectivity index (χ0n) is 20.7. The molecular weight excluding hydrogens is 528 g/mol. The number of ether oxygens (including phenoxy) is 1. The number of halogens is 5. The lowest BCUT2D eigenvalue weighted by Gasteiger charge is -2.31. The largest absolute Gasteiger partial charge is 0.466 e. The minimum atomic E-state index is -4.45. The minimum absolute atomic E-state index is 0.146. The Balaban J connectivity index is 1.60. The molecule has 0 saturated carbocycles. The highest BCUT2D eigenvalue weighted by Gasteiger charge is 2.33. The fourth-order valence-electron chi connectivity index (χ4n) is 4.89. The summed E-state index contributed by atoms with van der Waals surface area (Å²) in [5, 5.41) is 1.24. The number of amides is 1. The molecule has 2 heterocycles. The van der Waals surface area contributed by atoms with Crippen molar-refractivity contribution in [1.82, 2.24) is 9.47 Å². The Morgan fingerprint density at radius 3 is 2.41 bits per heavy atom. The summed E-state index contributed by atoms with van der Waals surface area (Å²) in [5.41, 5.74) is 1.43. The molecule has 37 heavy (non-hydrogen) atoms. The third-order valence-corrected chi connectivity index (χ3v) is 7.76. The summed E-state index contributed by atoms with van der Waals surface area (Å²) in [4.78, 5) is 27.0. The van der Waals surface area contributed by atoms with Crippen LogP contribution in [-0.4, -0.2) is 41.0 Å².